The summed E-state index contributed by atoms with van der Waals surface area (Å²) in [5.74, 6) is 0.320. The maximum absolute atomic E-state index is 12.6. The van der Waals surface area contributed by atoms with Gasteiger partial charge in [-0.15, -0.1) is 0 Å². The average Bonchev–Trinajstić information content (AvgIpc) is 2.83. The Bertz CT molecular complexity index is 328. The highest BCUT2D eigenvalue weighted by atomic mass is 16.2. The largest absolute Gasteiger partial charge is 0.339 e. The van der Waals surface area contributed by atoms with Gasteiger partial charge < -0.3 is 10.6 Å². The van der Waals surface area contributed by atoms with Gasteiger partial charge >= 0.3 is 0 Å². The smallest absolute Gasteiger partial charge is 0.236 e. The van der Waals surface area contributed by atoms with Crippen LogP contribution >= 0.6 is 0 Å². The Morgan fingerprint density at radius 2 is 2.05 bits per heavy atom. The number of hydrogen-bond acceptors (Lipinski definition) is 3. The van der Waals surface area contributed by atoms with Gasteiger partial charge in [0.2, 0.25) is 5.91 Å². The molecule has 116 valence electrons. The zero-order valence-corrected chi connectivity index (χ0v) is 13.2. The molecule has 2 fully saturated rings. The highest BCUT2D eigenvalue weighted by molar-refractivity contribution is 5.78. The summed E-state index contributed by atoms with van der Waals surface area (Å²) in [6.45, 7) is 8.49. The van der Waals surface area contributed by atoms with Crippen LogP contribution in [0.5, 0.6) is 0 Å². The van der Waals surface area contributed by atoms with Crippen molar-refractivity contribution in [3.05, 3.63) is 0 Å². The van der Waals surface area contributed by atoms with Crippen LogP contribution in [0, 0.1) is 5.41 Å². The Labute approximate surface area is 123 Å². The maximum atomic E-state index is 12.6. The van der Waals surface area contributed by atoms with Crippen LogP contribution in [-0.4, -0.2) is 54.5 Å². The Morgan fingerprint density at radius 1 is 1.35 bits per heavy atom. The molecule has 1 aliphatic heterocycles. The van der Waals surface area contributed by atoms with E-state index in [0.717, 1.165) is 32.6 Å². The van der Waals surface area contributed by atoms with Gasteiger partial charge in [-0.25, -0.2) is 0 Å². The molecule has 0 radical (unpaired) electrons. The van der Waals surface area contributed by atoms with Crippen LogP contribution in [0.2, 0.25) is 0 Å². The number of carbonyl (C=O) groups excluding carboxylic acids is 1. The molecule has 4 nitrogen and oxygen atoms in total. The number of nitrogens with zero attached hydrogens (tertiary/aromatic N) is 2. The molecular weight excluding hydrogens is 250 g/mol. The van der Waals surface area contributed by atoms with E-state index in [1.807, 2.05) is 0 Å². The van der Waals surface area contributed by atoms with Crippen LogP contribution in [0.3, 0.4) is 0 Å². The molecule has 1 heterocycles. The number of amides is 1. The summed E-state index contributed by atoms with van der Waals surface area (Å²) in [6, 6.07) is 0.491. The molecule has 20 heavy (non-hydrogen) atoms. The minimum Gasteiger partial charge on any atom is -0.339 e. The van der Waals surface area contributed by atoms with Gasteiger partial charge in [0.05, 0.1) is 6.54 Å². The first kappa shape index (κ1) is 15.8. The summed E-state index contributed by atoms with van der Waals surface area (Å²) in [5.41, 5.74) is 6.05. The van der Waals surface area contributed by atoms with Crippen molar-refractivity contribution in [3.8, 4) is 0 Å². The van der Waals surface area contributed by atoms with E-state index in [2.05, 4.69) is 23.6 Å². The fourth-order valence-corrected chi connectivity index (χ4v) is 3.74. The lowest BCUT2D eigenvalue weighted by Crippen LogP contribution is -2.46. The van der Waals surface area contributed by atoms with Gasteiger partial charge in [0.15, 0.2) is 0 Å². The minimum atomic E-state index is 0.210. The SMILES string of the molecule is CCN(C(=O)CN1CCC(C)(CN)C1)C1CCCCC1. The predicted octanol–water partition coefficient (Wildman–Crippen LogP) is 1.84. The Morgan fingerprint density at radius 3 is 2.60 bits per heavy atom. The quantitative estimate of drug-likeness (QED) is 0.836. The fraction of sp³-hybridized carbons (Fsp3) is 0.938. The van der Waals surface area contributed by atoms with Gasteiger partial charge in [-0.2, -0.15) is 0 Å². The second kappa shape index (κ2) is 6.90. The molecule has 0 spiro atoms. The number of likely N-dealkylation sites (tertiary alicyclic amines) is 1. The lowest BCUT2D eigenvalue weighted by molar-refractivity contribution is -0.135. The number of likely N-dealkylation sites (N-methyl/N-ethyl adjacent to an activating group) is 1. The second-order valence-corrected chi connectivity index (χ2v) is 6.95. The monoisotopic (exact) mass is 281 g/mol. The van der Waals surface area contributed by atoms with Gasteiger partial charge in [0, 0.05) is 19.1 Å². The van der Waals surface area contributed by atoms with E-state index in [-0.39, 0.29) is 5.41 Å². The summed E-state index contributed by atoms with van der Waals surface area (Å²) in [4.78, 5) is 17.0. The third kappa shape index (κ3) is 3.73. The van der Waals surface area contributed by atoms with Gasteiger partial charge in [0.1, 0.15) is 0 Å². The molecule has 2 N–H and O–H groups in total. The van der Waals surface area contributed by atoms with Crippen LogP contribution in [0.25, 0.3) is 0 Å². The molecule has 0 aromatic heterocycles. The highest BCUT2D eigenvalue weighted by Gasteiger charge is 2.34. The summed E-state index contributed by atoms with van der Waals surface area (Å²) >= 11 is 0. The van der Waals surface area contributed by atoms with Gasteiger partial charge in [-0.3, -0.25) is 9.69 Å². The molecule has 1 amide bonds. The highest BCUT2D eigenvalue weighted by Crippen LogP contribution is 2.28. The van der Waals surface area contributed by atoms with Crippen LogP contribution < -0.4 is 5.73 Å². The fourth-order valence-electron chi connectivity index (χ4n) is 3.74. The Hall–Kier alpha value is -0.610. The predicted molar refractivity (Wildman–Crippen MR) is 82.5 cm³/mol. The standard InChI is InChI=1S/C16H31N3O/c1-3-19(14-7-5-4-6-8-14)15(20)11-18-10-9-16(2,12-17)13-18/h14H,3-13,17H2,1-2H3. The molecular formula is C16H31N3O. The van der Waals surface area contributed by atoms with E-state index in [4.69, 9.17) is 5.73 Å². The van der Waals surface area contributed by atoms with Crippen LogP contribution in [0.4, 0.5) is 0 Å². The third-order valence-electron chi connectivity index (χ3n) is 5.17. The van der Waals surface area contributed by atoms with Crippen molar-refractivity contribution in [3.63, 3.8) is 0 Å². The molecule has 1 unspecified atom stereocenters. The lowest BCUT2D eigenvalue weighted by Gasteiger charge is -2.34. The topological polar surface area (TPSA) is 49.6 Å². The van der Waals surface area contributed by atoms with Crippen molar-refractivity contribution in [1.82, 2.24) is 9.80 Å². The van der Waals surface area contributed by atoms with Gasteiger partial charge in [-0.05, 0) is 44.7 Å². The van der Waals surface area contributed by atoms with E-state index in [0.29, 0.717) is 18.5 Å². The normalized spacial score (nSPS) is 28.8. The number of hydrogen-bond donors (Lipinski definition) is 1. The molecule has 4 heteroatoms. The van der Waals surface area contributed by atoms with Gasteiger partial charge in [0.25, 0.3) is 0 Å². The maximum Gasteiger partial charge on any atom is 0.236 e. The Kier molecular flexibility index (Phi) is 5.44. The van der Waals surface area contributed by atoms with Crippen molar-refractivity contribution in [2.45, 2.75) is 58.4 Å². The summed E-state index contributed by atoms with van der Waals surface area (Å²) < 4.78 is 0. The van der Waals surface area contributed by atoms with E-state index in [1.54, 1.807) is 0 Å². The third-order valence-corrected chi connectivity index (χ3v) is 5.17. The molecule has 2 aliphatic rings. The number of rotatable bonds is 5. The zero-order valence-electron chi connectivity index (χ0n) is 13.2. The average molecular weight is 281 g/mol. The number of carbonyl (C=O) groups is 1. The first-order valence-corrected chi connectivity index (χ1v) is 8.30. The van der Waals surface area contributed by atoms with Crippen LogP contribution in [-0.2, 0) is 4.79 Å². The number of nitrogens with two attached hydrogens (primary N) is 1. The Balaban J connectivity index is 1.86. The molecule has 1 atom stereocenters. The van der Waals surface area contributed by atoms with Crippen molar-refractivity contribution in [2.75, 3.05) is 32.7 Å². The van der Waals surface area contributed by atoms with Crippen LogP contribution in [0.15, 0.2) is 0 Å². The van der Waals surface area contributed by atoms with Crippen molar-refractivity contribution < 1.29 is 4.79 Å². The molecule has 0 aromatic carbocycles. The van der Waals surface area contributed by atoms with Gasteiger partial charge in [-0.1, -0.05) is 26.2 Å². The first-order chi connectivity index (χ1) is 9.58. The second-order valence-electron chi connectivity index (χ2n) is 6.95. The summed E-state index contributed by atoms with van der Waals surface area (Å²) in [6.07, 6.45) is 7.41. The molecule has 0 aromatic rings. The van der Waals surface area contributed by atoms with E-state index >= 15 is 0 Å². The first-order valence-electron chi connectivity index (χ1n) is 8.30. The zero-order chi connectivity index (χ0) is 14.6. The lowest BCUT2D eigenvalue weighted by atomic mass is 9.90. The van der Waals surface area contributed by atoms with E-state index in [9.17, 15) is 4.79 Å². The van der Waals surface area contributed by atoms with E-state index < -0.39 is 0 Å². The van der Waals surface area contributed by atoms with Crippen molar-refractivity contribution in [1.29, 1.82) is 0 Å². The molecule has 1 aliphatic carbocycles. The molecule has 2 rings (SSSR count). The molecule has 0 bridgehead atoms. The molecule has 1 saturated heterocycles. The summed E-state index contributed by atoms with van der Waals surface area (Å²) in [7, 11) is 0. The molecule has 1 saturated carbocycles. The van der Waals surface area contributed by atoms with E-state index in [1.165, 1.54) is 32.1 Å². The van der Waals surface area contributed by atoms with Crippen molar-refractivity contribution >= 4 is 5.91 Å². The van der Waals surface area contributed by atoms with Crippen molar-refractivity contribution in [2.24, 2.45) is 11.1 Å². The van der Waals surface area contributed by atoms with Crippen LogP contribution in [0.1, 0.15) is 52.4 Å². The minimum absolute atomic E-state index is 0.210. The summed E-state index contributed by atoms with van der Waals surface area (Å²) in [5, 5.41) is 0.